The minimum Gasteiger partial charge on any atom is -0.487 e. The predicted molar refractivity (Wildman–Crippen MR) is 243 cm³/mol. The molecule has 5 aliphatic rings. The van der Waals surface area contributed by atoms with Gasteiger partial charge in [0.15, 0.2) is 0 Å². The number of fused-ring (bicyclic) bond motifs is 1. The Hall–Kier alpha value is -5.84. The van der Waals surface area contributed by atoms with Gasteiger partial charge in [-0.05, 0) is 142 Å². The van der Waals surface area contributed by atoms with Crippen LogP contribution in [0.3, 0.4) is 0 Å². The maximum absolute atomic E-state index is 13.4. The lowest BCUT2D eigenvalue weighted by molar-refractivity contribution is -0.136. The van der Waals surface area contributed by atoms with Gasteiger partial charge in [-0.3, -0.25) is 29.4 Å². The lowest BCUT2D eigenvalue weighted by atomic mass is 9.78. The van der Waals surface area contributed by atoms with E-state index in [9.17, 15) is 24.4 Å². The third-order valence-electron chi connectivity index (χ3n) is 14.5. The number of benzene rings is 3. The first kappa shape index (κ1) is 43.4. The number of halogens is 1. The molecule has 4 amide bonds. The summed E-state index contributed by atoms with van der Waals surface area (Å²) >= 11 is 6.31. The molecule has 4 fully saturated rings. The zero-order valence-corrected chi connectivity index (χ0v) is 37.4. The van der Waals surface area contributed by atoms with Crippen molar-refractivity contribution in [2.45, 2.75) is 83.3 Å². The number of carbonyl (C=O) groups is 4. The van der Waals surface area contributed by atoms with Crippen molar-refractivity contribution in [3.63, 3.8) is 0 Å². The number of anilines is 2. The lowest BCUT2D eigenvalue weighted by Crippen LogP contribution is -2.54. The van der Waals surface area contributed by atoms with E-state index in [1.165, 1.54) is 12.8 Å². The number of imide groups is 2. The van der Waals surface area contributed by atoms with Gasteiger partial charge in [-0.15, -0.1) is 0 Å². The number of nitrogens with zero attached hydrogens (tertiary/aromatic N) is 7. The van der Waals surface area contributed by atoms with E-state index >= 15 is 0 Å². The zero-order valence-electron chi connectivity index (χ0n) is 36.6. The summed E-state index contributed by atoms with van der Waals surface area (Å²) in [7, 11) is 0. The molecule has 5 aliphatic heterocycles. The first-order valence-corrected chi connectivity index (χ1v) is 23.2. The van der Waals surface area contributed by atoms with Crippen molar-refractivity contribution in [3.05, 3.63) is 111 Å². The van der Waals surface area contributed by atoms with Crippen molar-refractivity contribution < 1.29 is 23.9 Å². The molecule has 1 atom stereocenters. The highest BCUT2D eigenvalue weighted by atomic mass is 35.5. The van der Waals surface area contributed by atoms with Crippen LogP contribution in [-0.2, 0) is 21.6 Å². The average molecular weight is 883 g/mol. The summed E-state index contributed by atoms with van der Waals surface area (Å²) in [6, 6.07) is 22.2. The van der Waals surface area contributed by atoms with E-state index in [1.807, 2.05) is 42.6 Å². The Bertz CT molecular complexity index is 2460. The fourth-order valence-electron chi connectivity index (χ4n) is 10.5. The molecule has 0 saturated carbocycles. The SMILES string of the molecule is CC(C)(c1ccc(OCc2ccnc(N3CCC(C4CCN(CC5CCN(c6ccc7c(c6)C(=O)N(C6CCC(=O)NC6=O)C7=O)CC5)CC4)CC3)n2)cc1)c1cc(Cl)cc(C#N)c1. The highest BCUT2D eigenvalue weighted by Gasteiger charge is 2.45. The Balaban J connectivity index is 0.698. The Kier molecular flexibility index (Phi) is 12.4. The summed E-state index contributed by atoms with van der Waals surface area (Å²) in [6.45, 7) is 11.7. The number of piperidine rings is 4. The quantitative estimate of drug-likeness (QED) is 0.153. The van der Waals surface area contributed by atoms with Crippen molar-refractivity contribution in [2.75, 3.05) is 55.6 Å². The van der Waals surface area contributed by atoms with E-state index in [0.29, 0.717) is 34.2 Å². The number of hydrogen-bond acceptors (Lipinski definition) is 11. The van der Waals surface area contributed by atoms with E-state index in [4.69, 9.17) is 21.3 Å². The van der Waals surface area contributed by atoms with Crippen LogP contribution in [0.2, 0.25) is 5.02 Å². The highest BCUT2D eigenvalue weighted by Crippen LogP contribution is 2.37. The molecule has 1 N–H and O–H groups in total. The van der Waals surface area contributed by atoms with E-state index in [-0.39, 0.29) is 24.2 Å². The molecule has 9 rings (SSSR count). The number of rotatable bonds is 11. The van der Waals surface area contributed by atoms with Crippen LogP contribution in [0.25, 0.3) is 0 Å². The summed E-state index contributed by atoms with van der Waals surface area (Å²) in [5.74, 6) is 1.72. The molecule has 0 radical (unpaired) electrons. The molecule has 3 aromatic carbocycles. The Labute approximate surface area is 379 Å². The van der Waals surface area contributed by atoms with Crippen molar-refractivity contribution in [1.82, 2.24) is 25.1 Å². The van der Waals surface area contributed by atoms with E-state index in [2.05, 4.69) is 57.0 Å². The standard InChI is InChI=1S/C50H55ClN8O5/c1-50(2,37-25-33(29-52)26-38(51)27-37)36-3-6-41(7-4-36)64-31-39-11-18-53-49(54-39)58-23-16-35(17-24-58)34-14-19-56(20-15-34)30-32-12-21-57(22-13-32)40-5-8-42-43(28-40)48(63)59(47(42)62)44-9-10-45(60)55-46(44)61/h3-8,11,18,25-28,32,34-35,44H,9-10,12-17,19-24,30-31H2,1-2H3,(H,55,60,61). The average Bonchev–Trinajstić information content (AvgIpc) is 3.56. The number of aromatic nitrogens is 2. The molecule has 1 unspecified atom stereocenters. The molecular weight excluding hydrogens is 828 g/mol. The van der Waals surface area contributed by atoms with E-state index in [0.717, 1.165) is 122 Å². The monoisotopic (exact) mass is 882 g/mol. The fourth-order valence-corrected chi connectivity index (χ4v) is 10.7. The molecule has 14 heteroatoms. The van der Waals surface area contributed by atoms with E-state index < -0.39 is 23.8 Å². The molecule has 6 heterocycles. The molecule has 0 aliphatic carbocycles. The molecule has 64 heavy (non-hydrogen) atoms. The largest absolute Gasteiger partial charge is 0.487 e. The van der Waals surface area contributed by atoms with Crippen LogP contribution in [0.5, 0.6) is 5.75 Å². The van der Waals surface area contributed by atoms with Gasteiger partial charge in [0.05, 0.1) is 28.5 Å². The summed E-state index contributed by atoms with van der Waals surface area (Å²) in [6.07, 6.45) is 9.02. The first-order valence-electron chi connectivity index (χ1n) is 22.8. The van der Waals surface area contributed by atoms with Gasteiger partial charge in [0.25, 0.3) is 11.8 Å². The van der Waals surface area contributed by atoms with Crippen molar-refractivity contribution in [1.29, 1.82) is 5.26 Å². The summed E-state index contributed by atoms with van der Waals surface area (Å²) < 4.78 is 6.17. The first-order chi connectivity index (χ1) is 30.9. The second-order valence-electron chi connectivity index (χ2n) is 18.7. The summed E-state index contributed by atoms with van der Waals surface area (Å²) in [5, 5.41) is 12.2. The number of carbonyl (C=O) groups excluding carboxylic acids is 4. The van der Waals surface area contributed by atoms with Crippen molar-refractivity contribution in [3.8, 4) is 11.8 Å². The third-order valence-corrected chi connectivity index (χ3v) is 14.7. The van der Waals surface area contributed by atoms with Crippen LogP contribution in [0.15, 0.2) is 72.9 Å². The molecule has 0 spiro atoms. The minimum absolute atomic E-state index is 0.104. The Morgan fingerprint density at radius 3 is 2.17 bits per heavy atom. The fraction of sp³-hybridized carbons (Fsp3) is 0.460. The number of nitrogens with one attached hydrogen (secondary N) is 1. The Morgan fingerprint density at radius 1 is 0.781 bits per heavy atom. The summed E-state index contributed by atoms with van der Waals surface area (Å²) in [4.78, 5) is 68.5. The van der Waals surface area contributed by atoms with Gasteiger partial charge < -0.3 is 19.4 Å². The molecule has 0 bridgehead atoms. The van der Waals surface area contributed by atoms with Crippen LogP contribution >= 0.6 is 11.6 Å². The highest BCUT2D eigenvalue weighted by molar-refractivity contribution is 6.30. The summed E-state index contributed by atoms with van der Waals surface area (Å²) in [5.41, 5.74) is 4.70. The number of nitriles is 1. The zero-order chi connectivity index (χ0) is 44.5. The van der Waals surface area contributed by atoms with Gasteiger partial charge in [-0.25, -0.2) is 9.97 Å². The maximum atomic E-state index is 13.4. The number of likely N-dealkylation sites (tertiary alicyclic amines) is 1. The molecular formula is C50H55ClN8O5. The number of ether oxygens (including phenoxy) is 1. The molecule has 4 aromatic rings. The van der Waals surface area contributed by atoms with Gasteiger partial charge in [-0.2, -0.15) is 5.26 Å². The number of hydrogen-bond donors (Lipinski definition) is 1. The predicted octanol–water partition coefficient (Wildman–Crippen LogP) is 7.15. The topological polar surface area (TPSA) is 152 Å². The molecule has 4 saturated heterocycles. The maximum Gasteiger partial charge on any atom is 0.262 e. The van der Waals surface area contributed by atoms with Crippen LogP contribution in [0.1, 0.15) is 108 Å². The number of amides is 4. The second-order valence-corrected chi connectivity index (χ2v) is 19.1. The van der Waals surface area contributed by atoms with Gasteiger partial charge in [-0.1, -0.05) is 37.6 Å². The molecule has 13 nitrogen and oxygen atoms in total. The van der Waals surface area contributed by atoms with Crippen LogP contribution in [0, 0.1) is 29.1 Å². The Morgan fingerprint density at radius 2 is 1.47 bits per heavy atom. The van der Waals surface area contributed by atoms with Gasteiger partial charge >= 0.3 is 0 Å². The second kappa shape index (κ2) is 18.3. The van der Waals surface area contributed by atoms with E-state index in [1.54, 1.807) is 18.2 Å². The van der Waals surface area contributed by atoms with Crippen molar-refractivity contribution >= 4 is 46.9 Å². The van der Waals surface area contributed by atoms with Crippen LogP contribution in [-0.4, -0.2) is 95.3 Å². The minimum atomic E-state index is -0.958. The molecule has 1 aromatic heterocycles. The van der Waals surface area contributed by atoms with Crippen molar-refractivity contribution in [2.24, 2.45) is 17.8 Å². The smallest absolute Gasteiger partial charge is 0.262 e. The third kappa shape index (κ3) is 9.08. The van der Waals surface area contributed by atoms with Crippen LogP contribution in [0.4, 0.5) is 11.6 Å². The molecule has 332 valence electrons. The van der Waals surface area contributed by atoms with Gasteiger partial charge in [0, 0.05) is 61.5 Å². The normalized spacial score (nSPS) is 20.7. The lowest BCUT2D eigenvalue weighted by Gasteiger charge is -2.42. The van der Waals surface area contributed by atoms with Crippen LogP contribution < -0.4 is 19.9 Å². The van der Waals surface area contributed by atoms with Gasteiger partial charge in [0.1, 0.15) is 18.4 Å². The van der Waals surface area contributed by atoms with Gasteiger partial charge in [0.2, 0.25) is 17.8 Å².